The van der Waals surface area contributed by atoms with Gasteiger partial charge in [-0.15, -0.1) is 0 Å². The smallest absolute Gasteiger partial charge is 0.255 e. The molecule has 4 heteroatoms. The Bertz CT molecular complexity index is 702. The Morgan fingerprint density at radius 1 is 1.29 bits per heavy atom. The zero-order valence-corrected chi connectivity index (χ0v) is 11.4. The lowest BCUT2D eigenvalue weighted by Gasteiger charge is -2.08. The first-order chi connectivity index (χ1) is 10.2. The number of amides is 1. The molecular weight excluding hydrogens is 264 g/mol. The van der Waals surface area contributed by atoms with Gasteiger partial charge in [-0.25, -0.2) is 0 Å². The predicted octanol–water partition coefficient (Wildman–Crippen LogP) is 3.38. The molecule has 0 aromatic heterocycles. The van der Waals surface area contributed by atoms with Crippen LogP contribution in [-0.2, 0) is 0 Å². The van der Waals surface area contributed by atoms with E-state index in [0.717, 1.165) is 0 Å². The van der Waals surface area contributed by atoms with E-state index >= 15 is 0 Å². The van der Waals surface area contributed by atoms with Gasteiger partial charge in [0.15, 0.2) is 0 Å². The molecule has 4 nitrogen and oxygen atoms in total. The minimum Gasteiger partial charge on any atom is -0.490 e. The summed E-state index contributed by atoms with van der Waals surface area (Å²) in [5.41, 5.74) is 1.37. The second kappa shape index (κ2) is 6.92. The van der Waals surface area contributed by atoms with Gasteiger partial charge in [0.05, 0.1) is 11.3 Å². The van der Waals surface area contributed by atoms with Gasteiger partial charge in [-0.05, 0) is 30.3 Å². The molecule has 2 rings (SSSR count). The molecule has 0 aliphatic heterocycles. The van der Waals surface area contributed by atoms with Crippen molar-refractivity contribution < 1.29 is 9.53 Å². The Labute approximate surface area is 123 Å². The van der Waals surface area contributed by atoms with E-state index in [0.29, 0.717) is 29.2 Å². The summed E-state index contributed by atoms with van der Waals surface area (Å²) in [7, 11) is 0. The van der Waals surface area contributed by atoms with Crippen molar-refractivity contribution in [2.75, 3.05) is 11.9 Å². The average molecular weight is 278 g/mol. The zero-order valence-electron chi connectivity index (χ0n) is 11.4. The number of benzene rings is 2. The Hall–Kier alpha value is -3.06. The molecule has 21 heavy (non-hydrogen) atoms. The van der Waals surface area contributed by atoms with E-state index < -0.39 is 0 Å². The van der Waals surface area contributed by atoms with E-state index in [1.807, 2.05) is 6.07 Å². The van der Waals surface area contributed by atoms with Crippen molar-refractivity contribution in [2.45, 2.75) is 0 Å². The molecule has 0 spiro atoms. The van der Waals surface area contributed by atoms with E-state index in [-0.39, 0.29) is 5.91 Å². The van der Waals surface area contributed by atoms with Gasteiger partial charge >= 0.3 is 0 Å². The third kappa shape index (κ3) is 3.71. The van der Waals surface area contributed by atoms with Crippen molar-refractivity contribution in [1.29, 1.82) is 5.26 Å². The summed E-state index contributed by atoms with van der Waals surface area (Å²) >= 11 is 0. The molecule has 1 amide bonds. The van der Waals surface area contributed by atoms with Crippen LogP contribution in [0.1, 0.15) is 15.9 Å². The molecule has 0 radical (unpaired) electrons. The van der Waals surface area contributed by atoms with Crippen LogP contribution in [0.3, 0.4) is 0 Å². The number of ether oxygens (including phenoxy) is 1. The fourth-order valence-electron chi connectivity index (χ4n) is 1.77. The molecule has 2 aromatic carbocycles. The highest BCUT2D eigenvalue weighted by atomic mass is 16.5. The number of nitriles is 1. The van der Waals surface area contributed by atoms with Crippen LogP contribution in [0, 0.1) is 11.3 Å². The summed E-state index contributed by atoms with van der Waals surface area (Å²) in [5.74, 6) is 0.304. The number of anilines is 1. The lowest BCUT2D eigenvalue weighted by atomic mass is 10.1. The summed E-state index contributed by atoms with van der Waals surface area (Å²) in [6.07, 6.45) is 1.63. The molecule has 0 saturated heterocycles. The number of nitrogens with zero attached hydrogens (tertiary/aromatic N) is 1. The standard InChI is InChI=1S/C17H14N2O2/c1-2-10-21-15-8-5-7-13(11-15)17(20)19-16-9-4-3-6-14(16)12-18/h2-9,11H,1,10H2,(H,19,20). The summed E-state index contributed by atoms with van der Waals surface area (Å²) in [4.78, 5) is 12.2. The lowest BCUT2D eigenvalue weighted by molar-refractivity contribution is 0.102. The Morgan fingerprint density at radius 3 is 2.86 bits per heavy atom. The van der Waals surface area contributed by atoms with Crippen LogP contribution in [0.2, 0.25) is 0 Å². The highest BCUT2D eigenvalue weighted by Gasteiger charge is 2.09. The van der Waals surface area contributed by atoms with Crippen molar-refractivity contribution in [3.05, 3.63) is 72.3 Å². The molecular formula is C17H14N2O2. The van der Waals surface area contributed by atoms with Gasteiger partial charge < -0.3 is 10.1 Å². The maximum atomic E-state index is 12.2. The summed E-state index contributed by atoms with van der Waals surface area (Å²) in [6.45, 7) is 3.95. The second-order valence-corrected chi connectivity index (χ2v) is 4.24. The van der Waals surface area contributed by atoms with E-state index in [1.165, 1.54) is 0 Å². The van der Waals surface area contributed by atoms with Crippen molar-refractivity contribution in [3.63, 3.8) is 0 Å². The number of nitrogens with one attached hydrogen (secondary N) is 1. The molecule has 0 unspecified atom stereocenters. The first kappa shape index (κ1) is 14.4. The SMILES string of the molecule is C=CCOc1cccc(C(=O)Nc2ccccc2C#N)c1. The van der Waals surface area contributed by atoms with Crippen molar-refractivity contribution in [3.8, 4) is 11.8 Å². The molecule has 0 aliphatic carbocycles. The van der Waals surface area contributed by atoms with Crippen LogP contribution in [0.25, 0.3) is 0 Å². The molecule has 0 heterocycles. The Kier molecular flexibility index (Phi) is 4.73. The number of rotatable bonds is 5. The van der Waals surface area contributed by atoms with Crippen molar-refractivity contribution in [2.24, 2.45) is 0 Å². The number of hydrogen-bond donors (Lipinski definition) is 1. The minimum atomic E-state index is -0.290. The topological polar surface area (TPSA) is 62.1 Å². The van der Waals surface area contributed by atoms with Crippen molar-refractivity contribution >= 4 is 11.6 Å². The first-order valence-corrected chi connectivity index (χ1v) is 6.39. The molecule has 104 valence electrons. The van der Waals surface area contributed by atoms with E-state index in [9.17, 15) is 4.79 Å². The van der Waals surface area contributed by atoms with Gasteiger partial charge in [0.1, 0.15) is 18.4 Å². The van der Waals surface area contributed by atoms with Crippen molar-refractivity contribution in [1.82, 2.24) is 0 Å². The molecule has 0 aliphatic rings. The quantitative estimate of drug-likeness (QED) is 0.853. The summed E-state index contributed by atoms with van der Waals surface area (Å²) in [5, 5.41) is 11.7. The van der Waals surface area contributed by atoms with Gasteiger partial charge in [0.2, 0.25) is 0 Å². The van der Waals surface area contributed by atoms with Crippen LogP contribution in [0.5, 0.6) is 5.75 Å². The fourth-order valence-corrected chi connectivity index (χ4v) is 1.77. The molecule has 1 N–H and O–H groups in total. The Morgan fingerprint density at radius 2 is 2.10 bits per heavy atom. The summed E-state index contributed by atoms with van der Waals surface area (Å²) in [6, 6.07) is 15.7. The third-order valence-corrected chi connectivity index (χ3v) is 2.76. The molecule has 0 bridgehead atoms. The van der Waals surface area contributed by atoms with Crippen LogP contribution < -0.4 is 10.1 Å². The molecule has 0 atom stereocenters. The highest BCUT2D eigenvalue weighted by molar-refractivity contribution is 6.05. The van der Waals surface area contributed by atoms with E-state index in [2.05, 4.69) is 11.9 Å². The third-order valence-electron chi connectivity index (χ3n) is 2.76. The Balaban J connectivity index is 2.17. The fraction of sp³-hybridized carbons (Fsp3) is 0.0588. The normalized spacial score (nSPS) is 9.48. The number of carbonyl (C=O) groups excluding carboxylic acids is 1. The minimum absolute atomic E-state index is 0.290. The zero-order chi connectivity index (χ0) is 15.1. The van der Waals surface area contributed by atoms with Crippen LogP contribution in [0.4, 0.5) is 5.69 Å². The summed E-state index contributed by atoms with van der Waals surface area (Å²) < 4.78 is 5.39. The second-order valence-electron chi connectivity index (χ2n) is 4.24. The van der Waals surface area contributed by atoms with Gasteiger partial charge in [0, 0.05) is 5.56 Å². The number of hydrogen-bond acceptors (Lipinski definition) is 3. The predicted molar refractivity (Wildman–Crippen MR) is 81.2 cm³/mol. The molecule has 2 aromatic rings. The van der Waals surface area contributed by atoms with Gasteiger partial charge in [-0.3, -0.25) is 4.79 Å². The van der Waals surface area contributed by atoms with Gasteiger partial charge in [-0.2, -0.15) is 5.26 Å². The van der Waals surface area contributed by atoms with Crippen LogP contribution in [-0.4, -0.2) is 12.5 Å². The van der Waals surface area contributed by atoms with E-state index in [4.69, 9.17) is 10.00 Å². The van der Waals surface area contributed by atoms with Gasteiger partial charge in [0.25, 0.3) is 5.91 Å². The first-order valence-electron chi connectivity index (χ1n) is 6.39. The average Bonchev–Trinajstić information content (AvgIpc) is 2.53. The lowest BCUT2D eigenvalue weighted by Crippen LogP contribution is -2.13. The highest BCUT2D eigenvalue weighted by Crippen LogP contribution is 2.17. The monoisotopic (exact) mass is 278 g/mol. The van der Waals surface area contributed by atoms with E-state index in [1.54, 1.807) is 54.6 Å². The maximum absolute atomic E-state index is 12.2. The van der Waals surface area contributed by atoms with Gasteiger partial charge in [-0.1, -0.05) is 30.9 Å². The number of para-hydroxylation sites is 1. The molecule has 0 saturated carbocycles. The molecule has 0 fully saturated rings. The van der Waals surface area contributed by atoms with Crippen LogP contribution in [0.15, 0.2) is 61.2 Å². The number of carbonyl (C=O) groups is 1. The maximum Gasteiger partial charge on any atom is 0.255 e. The van der Waals surface area contributed by atoms with Crippen LogP contribution >= 0.6 is 0 Å². The largest absolute Gasteiger partial charge is 0.490 e.